The van der Waals surface area contributed by atoms with Crippen molar-refractivity contribution in [1.29, 1.82) is 0 Å². The molecular weight excluding hydrogens is 260 g/mol. The third-order valence-corrected chi connectivity index (χ3v) is 4.70. The fraction of sp³-hybridized carbons (Fsp3) is 0.389. The van der Waals surface area contributed by atoms with E-state index in [0.717, 1.165) is 35.9 Å². The van der Waals surface area contributed by atoms with Gasteiger partial charge in [0.1, 0.15) is 11.9 Å². The topological polar surface area (TPSA) is 34.1 Å². The van der Waals surface area contributed by atoms with Crippen molar-refractivity contribution in [1.82, 2.24) is 10.3 Å². The maximum absolute atomic E-state index is 6.41. The lowest BCUT2D eigenvalue weighted by molar-refractivity contribution is 0.161. The van der Waals surface area contributed by atoms with Gasteiger partial charge in [0, 0.05) is 36.0 Å². The summed E-state index contributed by atoms with van der Waals surface area (Å²) in [5.41, 5.74) is 2.26. The van der Waals surface area contributed by atoms with Crippen molar-refractivity contribution in [3.8, 4) is 16.9 Å². The molecule has 108 valence electrons. The van der Waals surface area contributed by atoms with Gasteiger partial charge in [0.2, 0.25) is 0 Å². The number of hydrogen-bond acceptors (Lipinski definition) is 3. The maximum Gasteiger partial charge on any atom is 0.127 e. The first-order valence-corrected chi connectivity index (χ1v) is 7.77. The number of benzene rings is 1. The minimum absolute atomic E-state index is 0.350. The molecule has 4 rings (SSSR count). The van der Waals surface area contributed by atoms with Gasteiger partial charge < -0.3 is 10.1 Å². The Morgan fingerprint density at radius 1 is 1.05 bits per heavy atom. The molecule has 2 fully saturated rings. The predicted molar refractivity (Wildman–Crippen MR) is 83.2 cm³/mol. The van der Waals surface area contributed by atoms with E-state index in [1.54, 1.807) is 6.20 Å². The molecule has 0 radical (unpaired) electrons. The summed E-state index contributed by atoms with van der Waals surface area (Å²) in [6.07, 6.45) is 6.55. The van der Waals surface area contributed by atoms with Crippen LogP contribution < -0.4 is 10.1 Å². The summed E-state index contributed by atoms with van der Waals surface area (Å²) in [6.45, 7) is 2.25. The van der Waals surface area contributed by atoms with Gasteiger partial charge in [-0.15, -0.1) is 0 Å². The van der Waals surface area contributed by atoms with E-state index >= 15 is 0 Å². The van der Waals surface area contributed by atoms with E-state index in [2.05, 4.69) is 40.6 Å². The Morgan fingerprint density at radius 3 is 2.86 bits per heavy atom. The number of ether oxygens (including phenoxy) is 1. The van der Waals surface area contributed by atoms with Gasteiger partial charge in [-0.1, -0.05) is 24.3 Å². The number of nitrogens with one attached hydrogen (secondary N) is 1. The zero-order valence-corrected chi connectivity index (χ0v) is 12.0. The van der Waals surface area contributed by atoms with E-state index in [0.29, 0.717) is 12.0 Å². The molecule has 2 bridgehead atoms. The van der Waals surface area contributed by atoms with Crippen molar-refractivity contribution in [3.63, 3.8) is 0 Å². The second-order valence-electron chi connectivity index (χ2n) is 6.15. The molecule has 1 aromatic carbocycles. The number of pyridine rings is 1. The van der Waals surface area contributed by atoms with Crippen LogP contribution in [0.3, 0.4) is 0 Å². The summed E-state index contributed by atoms with van der Waals surface area (Å²) in [5, 5.41) is 3.52. The molecule has 3 atom stereocenters. The summed E-state index contributed by atoms with van der Waals surface area (Å²) in [7, 11) is 0. The molecule has 1 aliphatic heterocycles. The number of aromatic nitrogens is 1. The number of para-hydroxylation sites is 1. The highest BCUT2D eigenvalue weighted by atomic mass is 16.5. The lowest BCUT2D eigenvalue weighted by Gasteiger charge is -2.23. The average Bonchev–Trinajstić information content (AvgIpc) is 2.82. The number of nitrogens with zero attached hydrogens (tertiary/aromatic N) is 1. The van der Waals surface area contributed by atoms with E-state index < -0.39 is 0 Å². The first kappa shape index (κ1) is 12.8. The lowest BCUT2D eigenvalue weighted by Crippen LogP contribution is -2.34. The van der Waals surface area contributed by atoms with Crippen molar-refractivity contribution in [3.05, 3.63) is 48.8 Å². The minimum Gasteiger partial charge on any atom is -0.489 e. The normalized spacial score (nSPS) is 27.5. The molecule has 3 nitrogen and oxygen atoms in total. The molecule has 2 aliphatic rings. The van der Waals surface area contributed by atoms with Crippen LogP contribution in [-0.2, 0) is 0 Å². The molecule has 1 aliphatic carbocycles. The molecule has 0 spiro atoms. The summed E-state index contributed by atoms with van der Waals surface area (Å²) in [6, 6.07) is 12.4. The van der Waals surface area contributed by atoms with Gasteiger partial charge in [-0.05, 0) is 37.4 Å². The van der Waals surface area contributed by atoms with Crippen LogP contribution >= 0.6 is 0 Å². The third kappa shape index (κ3) is 2.54. The Labute approximate surface area is 125 Å². The Bertz CT molecular complexity index is 614. The zero-order valence-electron chi connectivity index (χ0n) is 12.0. The molecule has 1 aromatic heterocycles. The second kappa shape index (κ2) is 5.49. The molecule has 2 heterocycles. The zero-order chi connectivity index (χ0) is 14.1. The van der Waals surface area contributed by atoms with Crippen molar-refractivity contribution < 1.29 is 4.74 Å². The monoisotopic (exact) mass is 280 g/mol. The first-order valence-electron chi connectivity index (χ1n) is 7.77. The van der Waals surface area contributed by atoms with Crippen molar-refractivity contribution >= 4 is 0 Å². The van der Waals surface area contributed by atoms with Crippen molar-refractivity contribution in [2.45, 2.75) is 18.9 Å². The molecule has 0 unspecified atom stereocenters. The van der Waals surface area contributed by atoms with Gasteiger partial charge in [0.25, 0.3) is 0 Å². The van der Waals surface area contributed by atoms with Crippen LogP contribution in [-0.4, -0.2) is 24.2 Å². The SMILES string of the molecule is c1cncc(-c2ccccc2O[C@@H]2C[C@H]3CNC[C@@H]2C3)c1. The quantitative estimate of drug-likeness (QED) is 0.938. The van der Waals surface area contributed by atoms with Crippen LogP contribution in [0.2, 0.25) is 0 Å². The highest BCUT2D eigenvalue weighted by Gasteiger charge is 2.38. The number of rotatable bonds is 3. The Morgan fingerprint density at radius 2 is 2.00 bits per heavy atom. The van der Waals surface area contributed by atoms with Gasteiger partial charge in [0.05, 0.1) is 0 Å². The van der Waals surface area contributed by atoms with E-state index in [1.165, 1.54) is 12.8 Å². The van der Waals surface area contributed by atoms with Gasteiger partial charge >= 0.3 is 0 Å². The first-order chi connectivity index (χ1) is 10.4. The van der Waals surface area contributed by atoms with Crippen molar-refractivity contribution in [2.24, 2.45) is 11.8 Å². The smallest absolute Gasteiger partial charge is 0.127 e. The fourth-order valence-corrected chi connectivity index (χ4v) is 3.69. The third-order valence-electron chi connectivity index (χ3n) is 4.70. The van der Waals surface area contributed by atoms with E-state index in [1.807, 2.05) is 12.3 Å². The molecular formula is C18H20N2O. The van der Waals surface area contributed by atoms with Crippen LogP contribution in [0.4, 0.5) is 0 Å². The summed E-state index contributed by atoms with van der Waals surface area (Å²) in [5.74, 6) is 2.44. The number of hydrogen-bond donors (Lipinski definition) is 1. The predicted octanol–water partition coefficient (Wildman–Crippen LogP) is 3.13. The molecule has 0 amide bonds. The van der Waals surface area contributed by atoms with Crippen LogP contribution in [0.25, 0.3) is 11.1 Å². The molecule has 1 saturated carbocycles. The largest absolute Gasteiger partial charge is 0.489 e. The Kier molecular flexibility index (Phi) is 3.36. The second-order valence-corrected chi connectivity index (χ2v) is 6.15. The molecule has 3 heteroatoms. The van der Waals surface area contributed by atoms with Crippen LogP contribution in [0.1, 0.15) is 12.8 Å². The van der Waals surface area contributed by atoms with Gasteiger partial charge in [-0.25, -0.2) is 0 Å². The summed E-state index contributed by atoms with van der Waals surface area (Å²) >= 11 is 0. The van der Waals surface area contributed by atoms with E-state index in [-0.39, 0.29) is 0 Å². The van der Waals surface area contributed by atoms with Crippen LogP contribution in [0.5, 0.6) is 5.75 Å². The standard InChI is InChI=1S/C18H20N2O/c1-2-6-17(16(5-1)14-4-3-7-19-11-14)21-18-9-13-8-15(18)12-20-10-13/h1-7,11,13,15,18,20H,8-10,12H2/t13-,15-,18+/m0/s1. The highest BCUT2D eigenvalue weighted by molar-refractivity contribution is 5.69. The molecule has 1 N–H and O–H groups in total. The van der Waals surface area contributed by atoms with Crippen LogP contribution in [0, 0.1) is 11.8 Å². The Balaban J connectivity index is 1.61. The molecule has 21 heavy (non-hydrogen) atoms. The van der Waals surface area contributed by atoms with Gasteiger partial charge in [-0.3, -0.25) is 4.98 Å². The van der Waals surface area contributed by atoms with E-state index in [4.69, 9.17) is 4.74 Å². The lowest BCUT2D eigenvalue weighted by atomic mass is 10.0. The van der Waals surface area contributed by atoms with Crippen molar-refractivity contribution in [2.75, 3.05) is 13.1 Å². The summed E-state index contributed by atoms with van der Waals surface area (Å²) < 4.78 is 6.41. The number of fused-ring (bicyclic) bond motifs is 2. The summed E-state index contributed by atoms with van der Waals surface area (Å²) in [4.78, 5) is 4.22. The Hall–Kier alpha value is -1.87. The maximum atomic E-state index is 6.41. The molecule has 1 saturated heterocycles. The molecule has 2 aromatic rings. The van der Waals surface area contributed by atoms with E-state index in [9.17, 15) is 0 Å². The van der Waals surface area contributed by atoms with Gasteiger partial charge in [0.15, 0.2) is 0 Å². The van der Waals surface area contributed by atoms with Gasteiger partial charge in [-0.2, -0.15) is 0 Å². The number of piperidine rings is 1. The highest BCUT2D eigenvalue weighted by Crippen LogP contribution is 2.38. The van der Waals surface area contributed by atoms with Crippen LogP contribution in [0.15, 0.2) is 48.8 Å². The fourth-order valence-electron chi connectivity index (χ4n) is 3.69. The average molecular weight is 280 g/mol. The minimum atomic E-state index is 0.350.